The SMILES string of the molecule is COC(=O)C1=C(C)N(c2ccccc2OC)C(=S)N[C@@H]1c1ccc(OC)c(O)c1. The van der Waals surface area contributed by atoms with Crippen molar-refractivity contribution in [1.29, 1.82) is 0 Å². The van der Waals surface area contributed by atoms with Crippen LogP contribution >= 0.6 is 12.2 Å². The highest BCUT2D eigenvalue weighted by Crippen LogP contribution is 2.39. The normalized spacial score (nSPS) is 16.3. The van der Waals surface area contributed by atoms with E-state index in [2.05, 4.69) is 5.32 Å². The molecule has 0 saturated carbocycles. The van der Waals surface area contributed by atoms with E-state index in [0.717, 1.165) is 0 Å². The van der Waals surface area contributed by atoms with Crippen LogP contribution in [0.4, 0.5) is 5.69 Å². The summed E-state index contributed by atoms with van der Waals surface area (Å²) >= 11 is 5.61. The Bertz CT molecular complexity index is 989. The monoisotopic (exact) mass is 414 g/mol. The van der Waals surface area contributed by atoms with Crippen molar-refractivity contribution in [3.8, 4) is 17.2 Å². The van der Waals surface area contributed by atoms with Crippen LogP contribution in [-0.2, 0) is 9.53 Å². The maximum absolute atomic E-state index is 12.7. The lowest BCUT2D eigenvalue weighted by atomic mass is 9.94. The fourth-order valence-electron chi connectivity index (χ4n) is 3.36. The van der Waals surface area contributed by atoms with Crippen LogP contribution in [0.25, 0.3) is 0 Å². The van der Waals surface area contributed by atoms with Crippen molar-refractivity contribution >= 4 is 29.0 Å². The Balaban J connectivity index is 2.16. The van der Waals surface area contributed by atoms with E-state index in [1.54, 1.807) is 31.1 Å². The first-order chi connectivity index (χ1) is 13.9. The third-order valence-corrected chi connectivity index (χ3v) is 5.05. The molecule has 0 aromatic heterocycles. The minimum absolute atomic E-state index is 0.0354. The van der Waals surface area contributed by atoms with Crippen molar-refractivity contribution in [2.24, 2.45) is 0 Å². The summed E-state index contributed by atoms with van der Waals surface area (Å²) < 4.78 is 15.6. The van der Waals surface area contributed by atoms with Crippen LogP contribution in [0.1, 0.15) is 18.5 Å². The third kappa shape index (κ3) is 3.71. The van der Waals surface area contributed by atoms with E-state index in [-0.39, 0.29) is 5.75 Å². The van der Waals surface area contributed by atoms with Crippen molar-refractivity contribution < 1.29 is 24.1 Å². The summed E-state index contributed by atoms with van der Waals surface area (Å²) in [4.78, 5) is 14.4. The van der Waals surface area contributed by atoms with Crippen molar-refractivity contribution in [2.75, 3.05) is 26.2 Å². The van der Waals surface area contributed by atoms with E-state index in [0.29, 0.717) is 39.1 Å². The predicted molar refractivity (Wildman–Crippen MR) is 113 cm³/mol. The van der Waals surface area contributed by atoms with Crippen molar-refractivity contribution in [3.63, 3.8) is 0 Å². The Morgan fingerprint density at radius 3 is 2.41 bits per heavy atom. The first-order valence-electron chi connectivity index (χ1n) is 8.82. The number of carbonyl (C=O) groups is 1. The van der Waals surface area contributed by atoms with Crippen LogP contribution < -0.4 is 19.7 Å². The number of methoxy groups -OCH3 is 3. The van der Waals surface area contributed by atoms with Gasteiger partial charge in [0.15, 0.2) is 16.6 Å². The van der Waals surface area contributed by atoms with Gasteiger partial charge in [0.2, 0.25) is 0 Å². The average Bonchev–Trinajstić information content (AvgIpc) is 2.73. The van der Waals surface area contributed by atoms with Crippen molar-refractivity contribution in [1.82, 2.24) is 5.32 Å². The number of hydrogen-bond donors (Lipinski definition) is 2. The molecule has 8 heteroatoms. The van der Waals surface area contributed by atoms with Gasteiger partial charge in [-0.05, 0) is 49.0 Å². The number of thiocarbonyl (C=S) groups is 1. The molecule has 0 aliphatic carbocycles. The van der Waals surface area contributed by atoms with Crippen LogP contribution in [-0.4, -0.2) is 37.5 Å². The molecule has 3 rings (SSSR count). The number of anilines is 1. The maximum Gasteiger partial charge on any atom is 0.337 e. The molecule has 1 aliphatic heterocycles. The molecule has 0 saturated heterocycles. The van der Waals surface area contributed by atoms with Gasteiger partial charge < -0.3 is 24.6 Å². The van der Waals surface area contributed by atoms with Gasteiger partial charge in [-0.3, -0.25) is 4.90 Å². The van der Waals surface area contributed by atoms with E-state index in [1.165, 1.54) is 20.3 Å². The number of benzene rings is 2. The highest BCUT2D eigenvalue weighted by atomic mass is 32.1. The highest BCUT2D eigenvalue weighted by Gasteiger charge is 2.36. The molecule has 2 aromatic carbocycles. The zero-order valence-corrected chi connectivity index (χ0v) is 17.4. The van der Waals surface area contributed by atoms with Crippen LogP contribution in [0, 0.1) is 0 Å². The number of para-hydroxylation sites is 2. The molecule has 1 atom stereocenters. The minimum atomic E-state index is -0.599. The van der Waals surface area contributed by atoms with Gasteiger partial charge in [-0.1, -0.05) is 18.2 Å². The summed E-state index contributed by atoms with van der Waals surface area (Å²) in [7, 11) is 4.37. The molecule has 2 aromatic rings. The maximum atomic E-state index is 12.7. The molecule has 7 nitrogen and oxygen atoms in total. The second-order valence-electron chi connectivity index (χ2n) is 6.31. The number of phenols is 1. The fourth-order valence-corrected chi connectivity index (χ4v) is 3.71. The smallest absolute Gasteiger partial charge is 0.337 e. The van der Waals surface area contributed by atoms with Gasteiger partial charge in [-0.25, -0.2) is 4.79 Å². The topological polar surface area (TPSA) is 80.3 Å². The van der Waals surface area contributed by atoms with Crippen molar-refractivity contribution in [3.05, 3.63) is 59.3 Å². The highest BCUT2D eigenvalue weighted by molar-refractivity contribution is 7.80. The Morgan fingerprint density at radius 2 is 1.79 bits per heavy atom. The Morgan fingerprint density at radius 1 is 1.10 bits per heavy atom. The van der Waals surface area contributed by atoms with Gasteiger partial charge in [-0.2, -0.15) is 0 Å². The van der Waals surface area contributed by atoms with Gasteiger partial charge in [0, 0.05) is 5.70 Å². The summed E-state index contributed by atoms with van der Waals surface area (Å²) in [6.07, 6.45) is 0. The summed E-state index contributed by atoms with van der Waals surface area (Å²) in [6.45, 7) is 1.79. The first-order valence-corrected chi connectivity index (χ1v) is 9.23. The number of nitrogens with one attached hydrogen (secondary N) is 1. The zero-order chi connectivity index (χ0) is 21.1. The molecule has 1 aliphatic rings. The third-order valence-electron chi connectivity index (χ3n) is 4.75. The Kier molecular flexibility index (Phi) is 5.93. The lowest BCUT2D eigenvalue weighted by Crippen LogP contribution is -2.48. The summed E-state index contributed by atoms with van der Waals surface area (Å²) in [5.74, 6) is 0.410. The predicted octanol–water partition coefficient (Wildman–Crippen LogP) is 3.29. The van der Waals surface area contributed by atoms with Crippen molar-refractivity contribution in [2.45, 2.75) is 13.0 Å². The zero-order valence-electron chi connectivity index (χ0n) is 16.6. The summed E-state index contributed by atoms with van der Waals surface area (Å²) in [6, 6.07) is 11.7. The molecular formula is C21H22N2O5S. The second-order valence-corrected chi connectivity index (χ2v) is 6.70. The quantitative estimate of drug-likeness (QED) is 0.570. The molecule has 0 spiro atoms. The van der Waals surface area contributed by atoms with Crippen LogP contribution in [0.2, 0.25) is 0 Å². The van der Waals surface area contributed by atoms with Gasteiger partial charge in [0.1, 0.15) is 5.75 Å². The van der Waals surface area contributed by atoms with Gasteiger partial charge >= 0.3 is 5.97 Å². The fraction of sp³-hybridized carbons (Fsp3) is 0.238. The lowest BCUT2D eigenvalue weighted by Gasteiger charge is -2.37. The Hall–Kier alpha value is -3.26. The number of phenolic OH excluding ortho intramolecular Hbond substituents is 1. The molecule has 0 fully saturated rings. The molecule has 152 valence electrons. The van der Waals surface area contributed by atoms with Gasteiger partial charge in [0.05, 0.1) is 38.6 Å². The summed E-state index contributed by atoms with van der Waals surface area (Å²) in [5, 5.41) is 13.8. The van der Waals surface area contributed by atoms with Crippen LogP contribution in [0.15, 0.2) is 53.7 Å². The average molecular weight is 414 g/mol. The number of allylic oxidation sites excluding steroid dienone is 1. The molecule has 0 bridgehead atoms. The van der Waals surface area contributed by atoms with E-state index in [1.807, 2.05) is 24.3 Å². The minimum Gasteiger partial charge on any atom is -0.504 e. The Labute approximate surface area is 174 Å². The number of aromatic hydroxyl groups is 1. The number of nitrogens with zero attached hydrogens (tertiary/aromatic N) is 1. The molecule has 2 N–H and O–H groups in total. The molecule has 0 radical (unpaired) electrons. The molecule has 29 heavy (non-hydrogen) atoms. The van der Waals surface area contributed by atoms with Crippen LogP contribution in [0.5, 0.6) is 17.2 Å². The molecule has 0 unspecified atom stereocenters. The molecular weight excluding hydrogens is 392 g/mol. The summed E-state index contributed by atoms with van der Waals surface area (Å²) in [5.41, 5.74) is 2.31. The largest absolute Gasteiger partial charge is 0.504 e. The van der Waals surface area contributed by atoms with Crippen LogP contribution in [0.3, 0.4) is 0 Å². The molecule has 1 heterocycles. The second kappa shape index (κ2) is 8.40. The number of hydrogen-bond acceptors (Lipinski definition) is 6. The van der Waals surface area contributed by atoms with E-state index in [9.17, 15) is 9.90 Å². The number of ether oxygens (including phenoxy) is 3. The van der Waals surface area contributed by atoms with E-state index < -0.39 is 12.0 Å². The number of esters is 1. The van der Waals surface area contributed by atoms with E-state index in [4.69, 9.17) is 26.4 Å². The lowest BCUT2D eigenvalue weighted by molar-refractivity contribution is -0.136. The standard InChI is InChI=1S/C21H22N2O5S/c1-12-18(20(25)28-4)19(13-9-10-17(27-3)15(24)11-13)22-21(29)23(12)14-7-5-6-8-16(14)26-2/h5-11,19,24H,1-4H3,(H,22,29)/t19-/m1/s1. The number of carbonyl (C=O) groups excluding carboxylic acids is 1. The number of rotatable bonds is 5. The van der Waals surface area contributed by atoms with E-state index >= 15 is 0 Å². The van der Waals surface area contributed by atoms with Gasteiger partial charge in [-0.15, -0.1) is 0 Å². The first kappa shape index (κ1) is 20.5. The van der Waals surface area contributed by atoms with Gasteiger partial charge in [0.25, 0.3) is 0 Å². The molecule has 0 amide bonds.